The number of benzene rings is 1. The second kappa shape index (κ2) is 7.69. The van der Waals surface area contributed by atoms with Gasteiger partial charge in [-0.1, -0.05) is 0 Å². The number of aromatic nitrogens is 2. The summed E-state index contributed by atoms with van der Waals surface area (Å²) in [5.41, 5.74) is 0.316. The van der Waals surface area contributed by atoms with Gasteiger partial charge >= 0.3 is 6.03 Å². The van der Waals surface area contributed by atoms with E-state index in [4.69, 9.17) is 0 Å². The molecule has 2 N–H and O–H groups in total. The lowest BCUT2D eigenvalue weighted by atomic mass is 10.3. The monoisotopic (exact) mass is 324 g/mol. The van der Waals surface area contributed by atoms with E-state index in [2.05, 4.69) is 15.7 Å². The molecular weight excluding hydrogens is 307 g/mol. The zero-order chi connectivity index (χ0) is 15.9. The fraction of sp³-hybridized carbons (Fsp3) is 0.286. The summed E-state index contributed by atoms with van der Waals surface area (Å²) in [6.07, 6.45) is 5.68. The summed E-state index contributed by atoms with van der Waals surface area (Å²) < 4.78 is 26.7. The van der Waals surface area contributed by atoms with E-state index in [1.54, 1.807) is 10.9 Å². The summed E-state index contributed by atoms with van der Waals surface area (Å²) in [5, 5.41) is 9.26. The fourth-order valence-corrected chi connectivity index (χ4v) is 2.46. The standard InChI is InChI=1S/C14H17FN4O2S/c1-22(21)13-5-4-11(10-12(13)15)18-14(20)16-6-2-8-19-9-3-7-17-19/h3-5,7,9-10H,2,6,8H2,1H3,(H2,16,18,20)/t22-/m1/s1. The van der Waals surface area contributed by atoms with Gasteiger partial charge in [-0.3, -0.25) is 8.89 Å². The van der Waals surface area contributed by atoms with Gasteiger partial charge in [0.15, 0.2) is 0 Å². The van der Waals surface area contributed by atoms with Gasteiger partial charge in [0.2, 0.25) is 0 Å². The van der Waals surface area contributed by atoms with Gasteiger partial charge in [0, 0.05) is 37.4 Å². The Bertz CT molecular complexity index is 661. The smallest absolute Gasteiger partial charge is 0.319 e. The van der Waals surface area contributed by atoms with Gasteiger partial charge in [-0.2, -0.15) is 5.10 Å². The highest BCUT2D eigenvalue weighted by molar-refractivity contribution is 7.84. The molecule has 0 aliphatic carbocycles. The first-order chi connectivity index (χ1) is 10.6. The maximum absolute atomic E-state index is 13.6. The molecule has 2 rings (SSSR count). The summed E-state index contributed by atoms with van der Waals surface area (Å²) in [4.78, 5) is 11.8. The molecule has 1 atom stereocenters. The van der Waals surface area contributed by atoms with Gasteiger partial charge in [-0.05, 0) is 30.7 Å². The average molecular weight is 324 g/mol. The molecular formula is C14H17FN4O2S. The van der Waals surface area contributed by atoms with Crippen LogP contribution in [0.25, 0.3) is 0 Å². The van der Waals surface area contributed by atoms with E-state index in [9.17, 15) is 13.4 Å². The zero-order valence-corrected chi connectivity index (χ0v) is 12.9. The summed E-state index contributed by atoms with van der Waals surface area (Å²) in [6, 6.07) is 5.49. The molecule has 0 radical (unpaired) electrons. The molecule has 1 aromatic heterocycles. The Morgan fingerprint density at radius 3 is 2.91 bits per heavy atom. The van der Waals surface area contributed by atoms with Crippen molar-refractivity contribution in [2.75, 3.05) is 18.1 Å². The van der Waals surface area contributed by atoms with Crippen molar-refractivity contribution in [3.63, 3.8) is 0 Å². The number of rotatable bonds is 6. The minimum atomic E-state index is -1.39. The molecule has 0 bridgehead atoms. The molecule has 0 saturated heterocycles. The maximum Gasteiger partial charge on any atom is 0.319 e. The first-order valence-corrected chi connectivity index (χ1v) is 8.27. The Labute approximate surface area is 130 Å². The van der Waals surface area contributed by atoms with Crippen LogP contribution >= 0.6 is 0 Å². The van der Waals surface area contributed by atoms with Crippen molar-refractivity contribution in [2.24, 2.45) is 0 Å². The van der Waals surface area contributed by atoms with Crippen LogP contribution in [0.15, 0.2) is 41.6 Å². The van der Waals surface area contributed by atoms with Gasteiger partial charge in [-0.15, -0.1) is 0 Å². The number of halogens is 1. The van der Waals surface area contributed by atoms with Crippen LogP contribution < -0.4 is 10.6 Å². The van der Waals surface area contributed by atoms with Crippen molar-refractivity contribution >= 4 is 22.5 Å². The second-order valence-corrected chi connectivity index (χ2v) is 5.95. The highest BCUT2D eigenvalue weighted by Crippen LogP contribution is 2.16. The van der Waals surface area contributed by atoms with E-state index in [-0.39, 0.29) is 4.90 Å². The van der Waals surface area contributed by atoms with E-state index in [1.807, 2.05) is 12.3 Å². The Balaban J connectivity index is 1.77. The number of carbonyl (C=O) groups excluding carboxylic acids is 1. The number of amides is 2. The van der Waals surface area contributed by atoms with E-state index in [0.29, 0.717) is 18.8 Å². The molecule has 2 amide bonds. The van der Waals surface area contributed by atoms with Crippen molar-refractivity contribution in [3.05, 3.63) is 42.5 Å². The van der Waals surface area contributed by atoms with Crippen LogP contribution in [0.2, 0.25) is 0 Å². The normalized spacial score (nSPS) is 11.9. The van der Waals surface area contributed by atoms with Crippen LogP contribution in [0.4, 0.5) is 14.9 Å². The van der Waals surface area contributed by atoms with Gasteiger partial charge < -0.3 is 10.6 Å². The lowest BCUT2D eigenvalue weighted by Gasteiger charge is -2.08. The second-order valence-electron chi connectivity index (χ2n) is 4.60. The van der Waals surface area contributed by atoms with E-state index in [1.165, 1.54) is 18.4 Å². The Hall–Kier alpha value is -2.22. The van der Waals surface area contributed by atoms with Crippen molar-refractivity contribution in [1.82, 2.24) is 15.1 Å². The molecule has 0 spiro atoms. The SMILES string of the molecule is C[S@@](=O)c1ccc(NC(=O)NCCCn2cccn2)cc1F. The first-order valence-electron chi connectivity index (χ1n) is 6.71. The number of nitrogens with zero attached hydrogens (tertiary/aromatic N) is 2. The van der Waals surface area contributed by atoms with Gasteiger partial charge in [0.05, 0.1) is 15.7 Å². The lowest BCUT2D eigenvalue weighted by molar-refractivity contribution is 0.251. The highest BCUT2D eigenvalue weighted by Gasteiger charge is 2.08. The molecule has 0 unspecified atom stereocenters. The quantitative estimate of drug-likeness (QED) is 0.798. The average Bonchev–Trinajstić information content (AvgIpc) is 2.96. The predicted octanol–water partition coefficient (Wildman–Crippen LogP) is 1.97. The Morgan fingerprint density at radius 1 is 1.45 bits per heavy atom. The van der Waals surface area contributed by atoms with Crippen LogP contribution in [-0.4, -0.2) is 32.8 Å². The molecule has 0 aliphatic rings. The van der Waals surface area contributed by atoms with Crippen molar-refractivity contribution in [3.8, 4) is 0 Å². The van der Waals surface area contributed by atoms with Gasteiger partial charge in [0.25, 0.3) is 0 Å². The van der Waals surface area contributed by atoms with Crippen molar-refractivity contribution < 1.29 is 13.4 Å². The molecule has 0 saturated carbocycles. The number of urea groups is 1. The van der Waals surface area contributed by atoms with Gasteiger partial charge in [0.1, 0.15) is 5.82 Å². The van der Waals surface area contributed by atoms with Crippen molar-refractivity contribution in [2.45, 2.75) is 17.9 Å². The summed E-state index contributed by atoms with van der Waals surface area (Å²) in [6.45, 7) is 1.18. The van der Waals surface area contributed by atoms with Crippen LogP contribution in [0.5, 0.6) is 0 Å². The number of aryl methyl sites for hydroxylation is 1. The highest BCUT2D eigenvalue weighted by atomic mass is 32.2. The largest absolute Gasteiger partial charge is 0.338 e. The predicted molar refractivity (Wildman–Crippen MR) is 82.6 cm³/mol. The zero-order valence-electron chi connectivity index (χ0n) is 12.1. The molecule has 118 valence electrons. The maximum atomic E-state index is 13.6. The minimum Gasteiger partial charge on any atom is -0.338 e. The van der Waals surface area contributed by atoms with Crippen LogP contribution in [0, 0.1) is 5.82 Å². The van der Waals surface area contributed by atoms with E-state index in [0.717, 1.165) is 12.5 Å². The number of nitrogens with one attached hydrogen (secondary N) is 2. The Kier molecular flexibility index (Phi) is 5.65. The Morgan fingerprint density at radius 2 is 2.27 bits per heavy atom. The van der Waals surface area contributed by atoms with Gasteiger partial charge in [-0.25, -0.2) is 9.18 Å². The number of hydrogen-bond acceptors (Lipinski definition) is 3. The van der Waals surface area contributed by atoms with E-state index >= 15 is 0 Å². The fourth-order valence-electron chi connectivity index (χ4n) is 1.86. The van der Waals surface area contributed by atoms with Crippen LogP contribution in [0.1, 0.15) is 6.42 Å². The molecule has 1 heterocycles. The van der Waals surface area contributed by atoms with Crippen molar-refractivity contribution in [1.29, 1.82) is 0 Å². The van der Waals surface area contributed by atoms with Crippen LogP contribution in [-0.2, 0) is 17.3 Å². The summed E-state index contributed by atoms with van der Waals surface area (Å²) >= 11 is 0. The molecule has 8 heteroatoms. The number of hydrogen-bond donors (Lipinski definition) is 2. The first kappa shape index (κ1) is 16.2. The van der Waals surface area contributed by atoms with Crippen LogP contribution in [0.3, 0.4) is 0 Å². The number of carbonyl (C=O) groups is 1. The van der Waals surface area contributed by atoms with E-state index < -0.39 is 22.6 Å². The molecule has 0 aliphatic heterocycles. The minimum absolute atomic E-state index is 0.116. The summed E-state index contributed by atoms with van der Waals surface area (Å²) in [7, 11) is -1.39. The molecule has 1 aromatic carbocycles. The number of anilines is 1. The molecule has 22 heavy (non-hydrogen) atoms. The summed E-state index contributed by atoms with van der Waals surface area (Å²) in [5.74, 6) is -0.600. The molecule has 2 aromatic rings. The lowest BCUT2D eigenvalue weighted by Crippen LogP contribution is -2.30. The topological polar surface area (TPSA) is 76.0 Å². The molecule has 0 fully saturated rings. The third kappa shape index (κ3) is 4.66. The third-order valence-electron chi connectivity index (χ3n) is 2.91. The molecule has 6 nitrogen and oxygen atoms in total. The third-order valence-corrected chi connectivity index (χ3v) is 3.86.